The van der Waals surface area contributed by atoms with Crippen molar-refractivity contribution in [1.29, 1.82) is 0 Å². The van der Waals surface area contributed by atoms with Crippen molar-refractivity contribution in [2.24, 2.45) is 0 Å². The first kappa shape index (κ1) is 16.2. The van der Waals surface area contributed by atoms with Crippen molar-refractivity contribution in [2.75, 3.05) is 6.54 Å². The van der Waals surface area contributed by atoms with Crippen molar-refractivity contribution >= 4 is 27.5 Å². The molecule has 134 valence electrons. The molecule has 5 nitrogen and oxygen atoms in total. The summed E-state index contributed by atoms with van der Waals surface area (Å²) in [6, 6.07) is 18.0. The summed E-state index contributed by atoms with van der Waals surface area (Å²) in [7, 11) is 0. The second-order valence-electron chi connectivity index (χ2n) is 6.69. The van der Waals surface area contributed by atoms with E-state index in [-0.39, 0.29) is 11.9 Å². The Bertz CT molecular complexity index is 1070. The Morgan fingerprint density at radius 1 is 1.07 bits per heavy atom. The van der Waals surface area contributed by atoms with E-state index in [4.69, 9.17) is 4.98 Å². The van der Waals surface area contributed by atoms with Crippen LogP contribution in [0.2, 0.25) is 0 Å². The number of hydrogen-bond donors (Lipinski definition) is 0. The monoisotopic (exact) mass is 374 g/mol. The van der Waals surface area contributed by atoms with Crippen LogP contribution in [0.5, 0.6) is 0 Å². The minimum atomic E-state index is 0.0268. The van der Waals surface area contributed by atoms with Gasteiger partial charge in [0.05, 0.1) is 33.7 Å². The van der Waals surface area contributed by atoms with E-state index in [1.165, 1.54) is 4.70 Å². The van der Waals surface area contributed by atoms with Crippen molar-refractivity contribution in [3.8, 4) is 5.69 Å². The average molecular weight is 374 g/mol. The third-order valence-corrected chi connectivity index (χ3v) is 6.10. The van der Waals surface area contributed by atoms with Gasteiger partial charge in [-0.1, -0.05) is 30.3 Å². The summed E-state index contributed by atoms with van der Waals surface area (Å²) in [6.45, 7) is 0.760. The molecule has 1 aliphatic rings. The molecule has 27 heavy (non-hydrogen) atoms. The topological polar surface area (TPSA) is 51.0 Å². The van der Waals surface area contributed by atoms with Crippen molar-refractivity contribution in [3.05, 3.63) is 77.6 Å². The summed E-state index contributed by atoms with van der Waals surface area (Å²) in [5.74, 6) is 0.0268. The Kier molecular flexibility index (Phi) is 3.98. The van der Waals surface area contributed by atoms with Gasteiger partial charge in [-0.25, -0.2) is 9.67 Å². The number of amides is 1. The van der Waals surface area contributed by atoms with E-state index in [0.29, 0.717) is 5.56 Å². The van der Waals surface area contributed by atoms with E-state index in [1.807, 2.05) is 59.6 Å². The summed E-state index contributed by atoms with van der Waals surface area (Å²) in [5, 5.41) is 5.39. The Labute approximate surface area is 160 Å². The lowest BCUT2D eigenvalue weighted by Crippen LogP contribution is -2.30. The lowest BCUT2D eigenvalue weighted by molar-refractivity contribution is 0.0735. The first-order valence-electron chi connectivity index (χ1n) is 9.06. The molecule has 2 aromatic heterocycles. The summed E-state index contributed by atoms with van der Waals surface area (Å²) >= 11 is 1.69. The molecule has 0 aliphatic carbocycles. The number of aromatic nitrogens is 3. The fourth-order valence-electron chi connectivity index (χ4n) is 3.62. The quantitative estimate of drug-likeness (QED) is 0.532. The Morgan fingerprint density at radius 3 is 2.74 bits per heavy atom. The van der Waals surface area contributed by atoms with Gasteiger partial charge in [0.2, 0.25) is 0 Å². The summed E-state index contributed by atoms with van der Waals surface area (Å²) in [4.78, 5) is 19.9. The molecule has 0 spiro atoms. The molecule has 5 rings (SSSR count). The number of para-hydroxylation sites is 2. The Morgan fingerprint density at radius 2 is 1.89 bits per heavy atom. The molecular weight excluding hydrogens is 356 g/mol. The Hall–Kier alpha value is -2.99. The van der Waals surface area contributed by atoms with E-state index in [9.17, 15) is 4.79 Å². The van der Waals surface area contributed by atoms with Crippen molar-refractivity contribution in [1.82, 2.24) is 19.7 Å². The smallest absolute Gasteiger partial charge is 0.257 e. The van der Waals surface area contributed by atoms with Crippen LogP contribution in [0.1, 0.15) is 34.2 Å². The van der Waals surface area contributed by atoms with Gasteiger partial charge in [0.15, 0.2) is 0 Å². The number of fused-ring (bicyclic) bond motifs is 1. The van der Waals surface area contributed by atoms with Crippen LogP contribution in [0.15, 0.2) is 67.0 Å². The van der Waals surface area contributed by atoms with Crippen LogP contribution < -0.4 is 0 Å². The van der Waals surface area contributed by atoms with Crippen LogP contribution in [0.4, 0.5) is 0 Å². The molecular formula is C21H18N4OS. The van der Waals surface area contributed by atoms with Crippen LogP contribution in [0, 0.1) is 0 Å². The van der Waals surface area contributed by atoms with Gasteiger partial charge >= 0.3 is 0 Å². The lowest BCUT2D eigenvalue weighted by Gasteiger charge is -2.22. The van der Waals surface area contributed by atoms with Crippen molar-refractivity contribution < 1.29 is 4.79 Å². The molecule has 0 N–H and O–H groups in total. The van der Waals surface area contributed by atoms with Crippen LogP contribution in [0.25, 0.3) is 15.9 Å². The number of benzene rings is 2. The fraction of sp³-hybridized carbons (Fsp3) is 0.190. The molecule has 2 aromatic carbocycles. The third-order valence-electron chi connectivity index (χ3n) is 4.96. The van der Waals surface area contributed by atoms with E-state index in [0.717, 1.165) is 35.6 Å². The van der Waals surface area contributed by atoms with E-state index < -0.39 is 0 Å². The second kappa shape index (κ2) is 6.63. The molecule has 0 saturated carbocycles. The highest BCUT2D eigenvalue weighted by Crippen LogP contribution is 2.37. The molecule has 0 unspecified atom stereocenters. The highest BCUT2D eigenvalue weighted by Gasteiger charge is 2.33. The molecule has 1 aliphatic heterocycles. The molecule has 0 bridgehead atoms. The molecule has 6 heteroatoms. The van der Waals surface area contributed by atoms with E-state index in [2.05, 4.69) is 11.2 Å². The molecule has 1 fully saturated rings. The number of thiazole rings is 1. The number of likely N-dealkylation sites (tertiary alicyclic amines) is 1. The first-order valence-corrected chi connectivity index (χ1v) is 9.88. The maximum atomic E-state index is 13.1. The van der Waals surface area contributed by atoms with Crippen molar-refractivity contribution in [2.45, 2.75) is 18.9 Å². The zero-order valence-corrected chi connectivity index (χ0v) is 15.5. The average Bonchev–Trinajstić information content (AvgIpc) is 3.46. The lowest BCUT2D eigenvalue weighted by atomic mass is 10.2. The van der Waals surface area contributed by atoms with Gasteiger partial charge in [0.25, 0.3) is 5.91 Å². The summed E-state index contributed by atoms with van der Waals surface area (Å²) in [5.41, 5.74) is 2.57. The number of carbonyl (C=O) groups excluding carboxylic acids is 1. The van der Waals surface area contributed by atoms with Gasteiger partial charge in [-0.05, 0) is 37.1 Å². The first-order chi connectivity index (χ1) is 13.3. The predicted molar refractivity (Wildman–Crippen MR) is 106 cm³/mol. The summed E-state index contributed by atoms with van der Waals surface area (Å²) < 4.78 is 2.92. The molecule has 1 saturated heterocycles. The van der Waals surface area contributed by atoms with Gasteiger partial charge in [-0.15, -0.1) is 11.3 Å². The normalized spacial score (nSPS) is 16.9. The SMILES string of the molecule is O=C(c1cnn(-c2ccccc2)c1)N1CCC[C@H]1c1nc2ccccc2s1. The van der Waals surface area contributed by atoms with Gasteiger partial charge in [-0.3, -0.25) is 4.79 Å². The highest BCUT2D eigenvalue weighted by molar-refractivity contribution is 7.18. The van der Waals surface area contributed by atoms with Crippen LogP contribution in [0.3, 0.4) is 0 Å². The van der Waals surface area contributed by atoms with Crippen LogP contribution in [-0.2, 0) is 0 Å². The third kappa shape index (κ3) is 2.92. The highest BCUT2D eigenvalue weighted by atomic mass is 32.1. The number of nitrogens with zero attached hydrogens (tertiary/aromatic N) is 4. The fourth-order valence-corrected chi connectivity index (χ4v) is 4.74. The molecule has 4 aromatic rings. The van der Waals surface area contributed by atoms with Gasteiger partial charge < -0.3 is 4.90 Å². The number of hydrogen-bond acceptors (Lipinski definition) is 4. The van der Waals surface area contributed by atoms with Gasteiger partial charge in [0, 0.05) is 12.7 Å². The van der Waals surface area contributed by atoms with Gasteiger partial charge in [0.1, 0.15) is 5.01 Å². The largest absolute Gasteiger partial charge is 0.329 e. The molecule has 1 amide bonds. The van der Waals surface area contributed by atoms with E-state index in [1.54, 1.807) is 22.2 Å². The minimum Gasteiger partial charge on any atom is -0.329 e. The van der Waals surface area contributed by atoms with Crippen LogP contribution in [-0.4, -0.2) is 32.1 Å². The predicted octanol–water partition coefficient (Wildman–Crippen LogP) is 4.46. The minimum absolute atomic E-state index is 0.0268. The van der Waals surface area contributed by atoms with Crippen molar-refractivity contribution in [3.63, 3.8) is 0 Å². The maximum absolute atomic E-state index is 13.1. The van der Waals surface area contributed by atoms with E-state index >= 15 is 0 Å². The standard InChI is InChI=1S/C21H18N4OS/c26-21(15-13-22-25(14-15)16-7-2-1-3-8-16)24-12-6-10-18(24)20-23-17-9-4-5-11-19(17)27-20/h1-5,7-9,11,13-14,18H,6,10,12H2/t18-/m0/s1. The summed E-state index contributed by atoms with van der Waals surface area (Å²) in [6.07, 6.45) is 5.42. The molecule has 1 atom stereocenters. The molecule has 3 heterocycles. The second-order valence-corrected chi connectivity index (χ2v) is 7.75. The van der Waals surface area contributed by atoms with Gasteiger partial charge in [-0.2, -0.15) is 5.10 Å². The zero-order valence-electron chi connectivity index (χ0n) is 14.7. The Balaban J connectivity index is 1.43. The van der Waals surface area contributed by atoms with Crippen LogP contribution >= 0.6 is 11.3 Å². The zero-order chi connectivity index (χ0) is 18.2. The number of rotatable bonds is 3. The maximum Gasteiger partial charge on any atom is 0.257 e. The molecule has 0 radical (unpaired) electrons. The number of carbonyl (C=O) groups is 1.